The summed E-state index contributed by atoms with van der Waals surface area (Å²) in [4.78, 5) is 0. The fraction of sp³-hybridized carbons (Fsp3) is 0. The monoisotopic (exact) mass is 270 g/mol. The van der Waals surface area contributed by atoms with Gasteiger partial charge in [-0.05, 0) is 24.3 Å². The second-order valence-corrected chi connectivity index (χ2v) is 4.33. The minimum Gasteiger partial charge on any atom is -0.397 e. The fourth-order valence-corrected chi connectivity index (χ4v) is 1.75. The first kappa shape index (κ1) is 12.0. The van der Waals surface area contributed by atoms with E-state index in [1.807, 2.05) is 0 Å². The summed E-state index contributed by atoms with van der Waals surface area (Å²) >= 11 is 11.5. The summed E-state index contributed by atoms with van der Waals surface area (Å²) in [5, 5.41) is 3.56. The van der Waals surface area contributed by atoms with E-state index in [4.69, 9.17) is 28.9 Å². The number of nitrogens with two attached hydrogens (primary N) is 1. The van der Waals surface area contributed by atoms with Gasteiger partial charge in [0.1, 0.15) is 5.82 Å². The largest absolute Gasteiger partial charge is 0.397 e. The molecule has 2 rings (SSSR count). The van der Waals surface area contributed by atoms with Crippen LogP contribution in [0.5, 0.6) is 0 Å². The van der Waals surface area contributed by atoms with Gasteiger partial charge in [0.15, 0.2) is 0 Å². The number of hydrogen-bond donors (Lipinski definition) is 2. The topological polar surface area (TPSA) is 38.0 Å². The summed E-state index contributed by atoms with van der Waals surface area (Å²) < 4.78 is 13.3. The number of anilines is 3. The highest BCUT2D eigenvalue weighted by Gasteiger charge is 2.06. The molecule has 0 atom stereocenters. The van der Waals surface area contributed by atoms with Gasteiger partial charge >= 0.3 is 0 Å². The van der Waals surface area contributed by atoms with Crippen molar-refractivity contribution in [3.05, 3.63) is 52.3 Å². The van der Waals surface area contributed by atoms with Crippen LogP contribution in [0.2, 0.25) is 10.0 Å². The Morgan fingerprint density at radius 3 is 2.59 bits per heavy atom. The van der Waals surface area contributed by atoms with Crippen LogP contribution >= 0.6 is 23.2 Å². The summed E-state index contributed by atoms with van der Waals surface area (Å²) in [5.41, 5.74) is 7.28. The normalized spacial score (nSPS) is 10.3. The average Bonchev–Trinajstić information content (AvgIpc) is 2.26. The van der Waals surface area contributed by atoms with Crippen molar-refractivity contribution in [3.8, 4) is 0 Å². The van der Waals surface area contributed by atoms with E-state index in [2.05, 4.69) is 5.32 Å². The molecule has 5 heteroatoms. The zero-order chi connectivity index (χ0) is 12.4. The van der Waals surface area contributed by atoms with E-state index in [1.165, 1.54) is 12.1 Å². The molecule has 0 amide bonds. The van der Waals surface area contributed by atoms with Crippen LogP contribution in [0.4, 0.5) is 21.5 Å². The smallest absolute Gasteiger partial charge is 0.144 e. The third kappa shape index (κ3) is 2.81. The minimum absolute atomic E-state index is 0.000793. The fourth-order valence-electron chi connectivity index (χ4n) is 1.39. The maximum atomic E-state index is 13.3. The molecule has 2 nitrogen and oxygen atoms in total. The Morgan fingerprint density at radius 2 is 1.88 bits per heavy atom. The molecular formula is C12H9Cl2FN2. The third-order valence-electron chi connectivity index (χ3n) is 2.20. The Kier molecular flexibility index (Phi) is 3.41. The van der Waals surface area contributed by atoms with Gasteiger partial charge in [-0.3, -0.25) is 0 Å². The lowest BCUT2D eigenvalue weighted by Crippen LogP contribution is -1.97. The molecule has 0 aliphatic carbocycles. The van der Waals surface area contributed by atoms with Crippen molar-refractivity contribution in [1.82, 2.24) is 0 Å². The molecule has 0 saturated heterocycles. The lowest BCUT2D eigenvalue weighted by Gasteiger charge is -2.10. The number of benzene rings is 2. The first-order valence-corrected chi connectivity index (χ1v) is 5.59. The molecule has 0 bridgehead atoms. The van der Waals surface area contributed by atoms with Crippen molar-refractivity contribution in [3.63, 3.8) is 0 Å². The highest BCUT2D eigenvalue weighted by molar-refractivity contribution is 6.31. The summed E-state index contributed by atoms with van der Waals surface area (Å²) in [6, 6.07) is 9.67. The first-order chi connectivity index (χ1) is 8.06. The minimum atomic E-state index is -0.523. The molecule has 0 unspecified atom stereocenters. The van der Waals surface area contributed by atoms with E-state index in [1.54, 1.807) is 24.3 Å². The summed E-state index contributed by atoms with van der Waals surface area (Å²) in [6.07, 6.45) is 0. The Morgan fingerprint density at radius 1 is 1.12 bits per heavy atom. The molecule has 0 aromatic heterocycles. The maximum Gasteiger partial charge on any atom is 0.144 e. The SMILES string of the molecule is Nc1cc(Cl)c(F)cc1Nc1cccc(Cl)c1. The molecule has 0 spiro atoms. The van der Waals surface area contributed by atoms with E-state index in [9.17, 15) is 4.39 Å². The van der Waals surface area contributed by atoms with Crippen molar-refractivity contribution >= 4 is 40.3 Å². The molecule has 88 valence electrons. The van der Waals surface area contributed by atoms with E-state index < -0.39 is 5.82 Å². The zero-order valence-corrected chi connectivity index (χ0v) is 10.2. The zero-order valence-electron chi connectivity index (χ0n) is 8.68. The second-order valence-electron chi connectivity index (χ2n) is 3.49. The van der Waals surface area contributed by atoms with Gasteiger partial charge in [-0.1, -0.05) is 29.3 Å². The molecule has 0 radical (unpaired) electrons. The molecule has 0 aliphatic rings. The number of nitrogen functional groups attached to an aromatic ring is 1. The van der Waals surface area contributed by atoms with Gasteiger partial charge in [-0.15, -0.1) is 0 Å². The van der Waals surface area contributed by atoms with Crippen molar-refractivity contribution < 1.29 is 4.39 Å². The quantitative estimate of drug-likeness (QED) is 0.791. The molecule has 2 aromatic carbocycles. The van der Waals surface area contributed by atoms with Crippen molar-refractivity contribution in [1.29, 1.82) is 0 Å². The van der Waals surface area contributed by atoms with Crippen LogP contribution in [0.1, 0.15) is 0 Å². The van der Waals surface area contributed by atoms with Crippen LogP contribution in [0.25, 0.3) is 0 Å². The van der Waals surface area contributed by atoms with Crippen LogP contribution in [0.15, 0.2) is 36.4 Å². The van der Waals surface area contributed by atoms with Gasteiger partial charge in [0.25, 0.3) is 0 Å². The third-order valence-corrected chi connectivity index (χ3v) is 2.72. The van der Waals surface area contributed by atoms with Gasteiger partial charge in [-0.2, -0.15) is 0 Å². The highest BCUT2D eigenvalue weighted by atomic mass is 35.5. The summed E-state index contributed by atoms with van der Waals surface area (Å²) in [5.74, 6) is -0.523. The predicted octanol–water partition coefficient (Wildman–Crippen LogP) is 4.46. The van der Waals surface area contributed by atoms with Gasteiger partial charge < -0.3 is 11.1 Å². The average molecular weight is 271 g/mol. The number of hydrogen-bond acceptors (Lipinski definition) is 2. The molecule has 0 aliphatic heterocycles. The molecule has 0 fully saturated rings. The molecular weight excluding hydrogens is 262 g/mol. The van der Waals surface area contributed by atoms with E-state index in [0.717, 1.165) is 5.69 Å². The van der Waals surface area contributed by atoms with Crippen molar-refractivity contribution in [2.24, 2.45) is 0 Å². The lowest BCUT2D eigenvalue weighted by molar-refractivity contribution is 0.629. The Labute approximate surface area is 108 Å². The van der Waals surface area contributed by atoms with Crippen LogP contribution < -0.4 is 11.1 Å². The first-order valence-electron chi connectivity index (χ1n) is 4.83. The van der Waals surface area contributed by atoms with Gasteiger partial charge in [0, 0.05) is 16.8 Å². The molecule has 17 heavy (non-hydrogen) atoms. The van der Waals surface area contributed by atoms with E-state index in [0.29, 0.717) is 16.4 Å². The summed E-state index contributed by atoms with van der Waals surface area (Å²) in [7, 11) is 0. The Balaban J connectivity index is 2.33. The van der Waals surface area contributed by atoms with Crippen molar-refractivity contribution in [2.45, 2.75) is 0 Å². The van der Waals surface area contributed by atoms with Crippen LogP contribution in [0.3, 0.4) is 0 Å². The molecule has 3 N–H and O–H groups in total. The molecule has 0 heterocycles. The van der Waals surface area contributed by atoms with Crippen LogP contribution in [-0.4, -0.2) is 0 Å². The standard InChI is InChI=1S/C12H9Cl2FN2/c13-7-2-1-3-8(4-7)17-12-6-10(15)9(14)5-11(12)16/h1-6,17H,16H2. The molecule has 0 saturated carbocycles. The number of halogens is 3. The number of rotatable bonds is 2. The Hall–Kier alpha value is -1.45. The van der Waals surface area contributed by atoms with Crippen molar-refractivity contribution in [2.75, 3.05) is 11.1 Å². The molecule has 2 aromatic rings. The van der Waals surface area contributed by atoms with Gasteiger partial charge in [0.05, 0.1) is 16.4 Å². The van der Waals surface area contributed by atoms with Gasteiger partial charge in [-0.25, -0.2) is 4.39 Å². The van der Waals surface area contributed by atoms with Gasteiger partial charge in [0.2, 0.25) is 0 Å². The predicted molar refractivity (Wildman–Crippen MR) is 70.6 cm³/mol. The lowest BCUT2D eigenvalue weighted by atomic mass is 10.2. The summed E-state index contributed by atoms with van der Waals surface area (Å²) in [6.45, 7) is 0. The van der Waals surface area contributed by atoms with Crippen LogP contribution in [0, 0.1) is 5.82 Å². The van der Waals surface area contributed by atoms with E-state index >= 15 is 0 Å². The highest BCUT2D eigenvalue weighted by Crippen LogP contribution is 2.29. The Bertz CT molecular complexity index is 558. The second kappa shape index (κ2) is 4.82. The number of nitrogens with one attached hydrogen (secondary N) is 1. The maximum absolute atomic E-state index is 13.3. The van der Waals surface area contributed by atoms with E-state index in [-0.39, 0.29) is 5.02 Å². The van der Waals surface area contributed by atoms with Crippen LogP contribution in [-0.2, 0) is 0 Å².